The summed E-state index contributed by atoms with van der Waals surface area (Å²) in [6.45, 7) is 6.24. The Morgan fingerprint density at radius 2 is 2.00 bits per heavy atom. The summed E-state index contributed by atoms with van der Waals surface area (Å²) in [6, 6.07) is 2.73. The van der Waals surface area contributed by atoms with Crippen molar-refractivity contribution in [2.45, 2.75) is 26.3 Å². The highest BCUT2D eigenvalue weighted by molar-refractivity contribution is 6.02. The molecule has 0 saturated heterocycles. The summed E-state index contributed by atoms with van der Waals surface area (Å²) in [5.74, 6) is -0.859. The molecule has 18 heavy (non-hydrogen) atoms. The van der Waals surface area contributed by atoms with E-state index in [0.717, 1.165) is 16.8 Å². The number of hydrogen-bond donors (Lipinski definition) is 0. The number of ether oxygens (including phenoxy) is 1. The Bertz CT molecular complexity index is 590. The molecule has 2 aliphatic rings. The quantitative estimate of drug-likeness (QED) is 0.660. The average Bonchev–Trinajstić information content (AvgIpc) is 2.27. The second-order valence-corrected chi connectivity index (χ2v) is 5.32. The van der Waals surface area contributed by atoms with Crippen LogP contribution in [0.4, 0.5) is 10.1 Å². The lowest BCUT2D eigenvalue weighted by Gasteiger charge is -2.45. The highest BCUT2D eigenvalue weighted by Gasteiger charge is 2.38. The summed E-state index contributed by atoms with van der Waals surface area (Å²) < 4.78 is 18.7. The van der Waals surface area contributed by atoms with Gasteiger partial charge in [0.2, 0.25) is 0 Å². The number of anilines is 1. The van der Waals surface area contributed by atoms with Gasteiger partial charge in [0.25, 0.3) is 0 Å². The number of halogens is 1. The van der Waals surface area contributed by atoms with Crippen molar-refractivity contribution in [3.05, 3.63) is 35.2 Å². The summed E-state index contributed by atoms with van der Waals surface area (Å²) in [5.41, 5.74) is 2.63. The molecule has 0 bridgehead atoms. The molecule has 0 unspecified atom stereocenters. The largest absolute Gasteiger partial charge is 0.441 e. The third-order valence-electron chi connectivity index (χ3n) is 3.58. The molecule has 1 aromatic rings. The van der Waals surface area contributed by atoms with Gasteiger partial charge in [-0.25, -0.2) is 9.18 Å². The fourth-order valence-corrected chi connectivity index (χ4v) is 2.75. The van der Waals surface area contributed by atoms with Crippen LogP contribution < -0.4 is 4.90 Å². The molecule has 0 radical (unpaired) electrons. The molecule has 94 valence electrons. The predicted molar refractivity (Wildman–Crippen MR) is 66.9 cm³/mol. The van der Waals surface area contributed by atoms with Crippen molar-refractivity contribution in [1.82, 2.24) is 0 Å². The molecule has 3 rings (SSSR count). The Labute approximate surface area is 105 Å². The van der Waals surface area contributed by atoms with E-state index < -0.39 is 11.8 Å². The minimum Gasteiger partial charge on any atom is -0.441 e. The number of allylic oxidation sites excluding steroid dienone is 1. The predicted octanol–water partition coefficient (Wildman–Crippen LogP) is 2.96. The van der Waals surface area contributed by atoms with Crippen molar-refractivity contribution >= 4 is 17.2 Å². The molecule has 0 amide bonds. The third-order valence-corrected chi connectivity index (χ3v) is 3.58. The molecule has 1 aromatic carbocycles. The molecular formula is C14H14FNO2. The van der Waals surface area contributed by atoms with Gasteiger partial charge in [0.05, 0.1) is 16.8 Å². The summed E-state index contributed by atoms with van der Waals surface area (Å²) in [4.78, 5) is 13.7. The molecule has 0 aromatic heterocycles. The zero-order valence-corrected chi connectivity index (χ0v) is 10.6. The zero-order valence-electron chi connectivity index (χ0n) is 10.6. The molecule has 4 heteroatoms. The van der Waals surface area contributed by atoms with E-state index in [1.54, 1.807) is 0 Å². The number of nitrogens with zero attached hydrogens (tertiary/aromatic N) is 1. The van der Waals surface area contributed by atoms with Gasteiger partial charge >= 0.3 is 5.97 Å². The van der Waals surface area contributed by atoms with Crippen molar-refractivity contribution < 1.29 is 13.9 Å². The maximum atomic E-state index is 13.6. The average molecular weight is 247 g/mol. The highest BCUT2D eigenvalue weighted by Crippen LogP contribution is 2.43. The number of benzene rings is 1. The Morgan fingerprint density at radius 1 is 1.33 bits per heavy atom. The van der Waals surface area contributed by atoms with Crippen LogP contribution in [0.1, 0.15) is 36.7 Å². The fraction of sp³-hybridized carbons (Fsp3) is 0.357. The van der Waals surface area contributed by atoms with E-state index in [0.29, 0.717) is 5.56 Å². The van der Waals surface area contributed by atoms with Crippen molar-refractivity contribution in [2.75, 3.05) is 11.6 Å². The van der Waals surface area contributed by atoms with Gasteiger partial charge in [0.15, 0.2) is 6.73 Å². The molecule has 2 heterocycles. The number of hydrogen-bond acceptors (Lipinski definition) is 3. The van der Waals surface area contributed by atoms with Crippen LogP contribution >= 0.6 is 0 Å². The van der Waals surface area contributed by atoms with Gasteiger partial charge in [-0.05, 0) is 38.5 Å². The standard InChI is InChI=1S/C14H14FNO2/c1-8-6-14(2,3)16-7-18-13(17)11-5-9(15)4-10(8)12(11)16/h4-6H,7H2,1-3H3. The lowest BCUT2D eigenvalue weighted by Crippen LogP contribution is -2.49. The van der Waals surface area contributed by atoms with Crippen LogP contribution in [0, 0.1) is 5.82 Å². The van der Waals surface area contributed by atoms with Crippen LogP contribution in [0.15, 0.2) is 18.2 Å². The van der Waals surface area contributed by atoms with E-state index in [9.17, 15) is 9.18 Å². The molecule has 2 aliphatic heterocycles. The van der Waals surface area contributed by atoms with E-state index in [1.807, 2.05) is 25.7 Å². The highest BCUT2D eigenvalue weighted by atomic mass is 19.1. The van der Waals surface area contributed by atoms with E-state index in [4.69, 9.17) is 4.74 Å². The van der Waals surface area contributed by atoms with Crippen molar-refractivity contribution in [3.63, 3.8) is 0 Å². The van der Waals surface area contributed by atoms with Gasteiger partial charge < -0.3 is 9.64 Å². The van der Waals surface area contributed by atoms with E-state index in [-0.39, 0.29) is 12.3 Å². The summed E-state index contributed by atoms with van der Waals surface area (Å²) >= 11 is 0. The van der Waals surface area contributed by atoms with Gasteiger partial charge in [0.1, 0.15) is 5.82 Å². The first-order valence-corrected chi connectivity index (χ1v) is 5.88. The maximum absolute atomic E-state index is 13.6. The third kappa shape index (κ3) is 1.38. The lowest BCUT2D eigenvalue weighted by molar-refractivity contribution is 0.0462. The number of esters is 1. The van der Waals surface area contributed by atoms with Crippen LogP contribution in [-0.2, 0) is 4.74 Å². The molecule has 0 saturated carbocycles. The Morgan fingerprint density at radius 3 is 2.72 bits per heavy atom. The Kier molecular flexibility index (Phi) is 2.09. The van der Waals surface area contributed by atoms with E-state index in [1.165, 1.54) is 12.1 Å². The number of carbonyl (C=O) groups is 1. The second-order valence-electron chi connectivity index (χ2n) is 5.32. The van der Waals surface area contributed by atoms with Gasteiger partial charge in [-0.15, -0.1) is 0 Å². The minimum atomic E-state index is -0.451. The summed E-state index contributed by atoms with van der Waals surface area (Å²) in [5, 5.41) is 0. The van der Waals surface area contributed by atoms with Crippen LogP contribution in [-0.4, -0.2) is 18.2 Å². The molecule has 0 N–H and O–H groups in total. The van der Waals surface area contributed by atoms with Crippen molar-refractivity contribution in [2.24, 2.45) is 0 Å². The van der Waals surface area contributed by atoms with Gasteiger partial charge in [-0.1, -0.05) is 6.08 Å². The molecule has 0 aliphatic carbocycles. The molecule has 0 spiro atoms. The van der Waals surface area contributed by atoms with Crippen molar-refractivity contribution in [1.29, 1.82) is 0 Å². The molecular weight excluding hydrogens is 233 g/mol. The molecule has 0 fully saturated rings. The maximum Gasteiger partial charge on any atom is 0.342 e. The first kappa shape index (κ1) is 11.3. The van der Waals surface area contributed by atoms with Crippen LogP contribution in [0.2, 0.25) is 0 Å². The lowest BCUT2D eigenvalue weighted by atomic mass is 9.87. The summed E-state index contributed by atoms with van der Waals surface area (Å²) in [7, 11) is 0. The second kappa shape index (κ2) is 3.34. The first-order chi connectivity index (χ1) is 8.40. The van der Waals surface area contributed by atoms with Crippen molar-refractivity contribution in [3.8, 4) is 0 Å². The Balaban J connectivity index is 2.35. The monoisotopic (exact) mass is 247 g/mol. The van der Waals surface area contributed by atoms with Crippen LogP contribution in [0.5, 0.6) is 0 Å². The number of carbonyl (C=O) groups excluding carboxylic acids is 1. The minimum absolute atomic E-state index is 0.210. The van der Waals surface area contributed by atoms with Crippen LogP contribution in [0.25, 0.3) is 5.57 Å². The smallest absolute Gasteiger partial charge is 0.342 e. The normalized spacial score (nSPS) is 20.1. The molecule has 0 atom stereocenters. The zero-order chi connectivity index (χ0) is 13.1. The number of cyclic esters (lactones) is 1. The van der Waals surface area contributed by atoms with E-state index >= 15 is 0 Å². The van der Waals surface area contributed by atoms with Gasteiger partial charge in [-0.3, -0.25) is 0 Å². The Hall–Kier alpha value is -1.84. The van der Waals surface area contributed by atoms with Gasteiger partial charge in [0, 0.05) is 5.56 Å². The van der Waals surface area contributed by atoms with Gasteiger partial charge in [-0.2, -0.15) is 0 Å². The first-order valence-electron chi connectivity index (χ1n) is 5.88. The SMILES string of the molecule is CC1=CC(C)(C)N2COC(=O)c3cc(F)cc1c32. The number of rotatable bonds is 0. The van der Waals surface area contributed by atoms with E-state index in [2.05, 4.69) is 6.08 Å². The topological polar surface area (TPSA) is 29.5 Å². The summed E-state index contributed by atoms with van der Waals surface area (Å²) in [6.07, 6.45) is 2.07. The fourth-order valence-electron chi connectivity index (χ4n) is 2.75. The molecule has 3 nitrogen and oxygen atoms in total. The van der Waals surface area contributed by atoms with Crippen LogP contribution in [0.3, 0.4) is 0 Å².